The van der Waals surface area contributed by atoms with Crippen LogP contribution < -0.4 is 40.8 Å². The molecule has 1 aromatic rings. The Kier molecular flexibility index (Phi) is 26.5. The zero-order chi connectivity index (χ0) is 35.2. The molecule has 14 heteroatoms. The van der Waals surface area contributed by atoms with Crippen molar-refractivity contribution in [3.8, 4) is 0 Å². The second kappa shape index (κ2) is 27.6. The molecule has 49 heavy (non-hydrogen) atoms. The molecule has 1 aromatic heterocycles. The number of rotatable bonds is 29. The third kappa shape index (κ3) is 20.2. The van der Waals surface area contributed by atoms with Crippen LogP contribution in [0.5, 0.6) is 0 Å². The predicted octanol–water partition coefficient (Wildman–Crippen LogP) is 4.92. The Morgan fingerprint density at radius 3 is 2.18 bits per heavy atom. The van der Waals surface area contributed by atoms with E-state index in [0.717, 1.165) is 12.2 Å². The summed E-state index contributed by atoms with van der Waals surface area (Å²) in [6.07, 6.45) is 19.9. The summed E-state index contributed by atoms with van der Waals surface area (Å²) in [5.74, 6) is 1.15. The number of thioether (sulfide) groups is 1. The van der Waals surface area contributed by atoms with Gasteiger partial charge in [-0.05, 0) is 38.9 Å². The second-order valence-corrected chi connectivity index (χ2v) is 16.0. The van der Waals surface area contributed by atoms with Crippen LogP contribution in [0.1, 0.15) is 150 Å². The second-order valence-electron chi connectivity index (χ2n) is 13.2. The molecule has 0 aliphatic carbocycles. The standard InChI is InChI=1S/C35H65N2O9PS.Na.H/c1-5-7-9-11-12-13-14-15-17-19-24-48-32(21-18-16-10-8-6-2)29(4)43-22-20-23-44-47(41,42)45-27-31-30(38)25-33(46-31)37-26-28(3)34(39)36-35(37)40;;/h26,29-33,38H,5-25,27H2,1-4H3,(H,41,42)(H,36,39,40);;/q;+1;-1/t29?,30-,31+,32?,33+;;/m0../s1. The van der Waals surface area contributed by atoms with Crippen molar-refractivity contribution in [2.75, 3.05) is 25.6 Å². The number of aromatic nitrogens is 2. The molecule has 282 valence electrons. The van der Waals surface area contributed by atoms with E-state index in [1.54, 1.807) is 6.92 Å². The van der Waals surface area contributed by atoms with Crippen molar-refractivity contribution in [1.29, 1.82) is 0 Å². The van der Waals surface area contributed by atoms with E-state index >= 15 is 0 Å². The van der Waals surface area contributed by atoms with Gasteiger partial charge in [0.2, 0.25) is 0 Å². The van der Waals surface area contributed by atoms with Crippen LogP contribution >= 0.6 is 19.6 Å². The van der Waals surface area contributed by atoms with Gasteiger partial charge in [-0.15, -0.1) is 0 Å². The molecule has 0 saturated carbocycles. The van der Waals surface area contributed by atoms with Crippen molar-refractivity contribution in [1.82, 2.24) is 9.55 Å². The summed E-state index contributed by atoms with van der Waals surface area (Å²) in [6.45, 7) is 8.18. The van der Waals surface area contributed by atoms with E-state index in [9.17, 15) is 24.2 Å². The Hall–Kier alpha value is 0.0200. The fraction of sp³-hybridized carbons (Fsp3) is 0.886. The Bertz CT molecular complexity index is 1160. The predicted molar refractivity (Wildman–Crippen MR) is 195 cm³/mol. The fourth-order valence-electron chi connectivity index (χ4n) is 5.88. The van der Waals surface area contributed by atoms with Gasteiger partial charge in [0.05, 0.1) is 25.4 Å². The van der Waals surface area contributed by atoms with Crippen LogP contribution in [0.25, 0.3) is 0 Å². The number of hydrogen-bond acceptors (Lipinski definition) is 9. The zero-order valence-corrected chi connectivity index (χ0v) is 34.8. The molecule has 0 bridgehead atoms. The third-order valence-electron chi connectivity index (χ3n) is 8.93. The molecule has 1 saturated heterocycles. The van der Waals surface area contributed by atoms with Gasteiger partial charge >= 0.3 is 43.1 Å². The van der Waals surface area contributed by atoms with E-state index in [0.29, 0.717) is 23.8 Å². The summed E-state index contributed by atoms with van der Waals surface area (Å²) in [6, 6.07) is 0. The molecule has 2 heterocycles. The number of nitrogens with one attached hydrogen (secondary N) is 1. The minimum Gasteiger partial charge on any atom is -1.00 e. The van der Waals surface area contributed by atoms with Crippen molar-refractivity contribution in [3.05, 3.63) is 32.6 Å². The van der Waals surface area contributed by atoms with Crippen molar-refractivity contribution >= 4 is 19.6 Å². The molecule has 3 unspecified atom stereocenters. The molecule has 0 spiro atoms. The first kappa shape index (κ1) is 47.0. The number of aryl methyl sites for hydroxylation is 1. The molecular weight excluding hydrogens is 678 g/mol. The van der Waals surface area contributed by atoms with Gasteiger partial charge in [-0.3, -0.25) is 23.4 Å². The van der Waals surface area contributed by atoms with Gasteiger partial charge in [-0.25, -0.2) is 9.36 Å². The minimum atomic E-state index is -4.40. The maximum atomic E-state index is 12.5. The maximum absolute atomic E-state index is 12.5. The van der Waals surface area contributed by atoms with Crippen molar-refractivity contribution in [3.63, 3.8) is 0 Å². The van der Waals surface area contributed by atoms with Crippen LogP contribution in [0.4, 0.5) is 0 Å². The van der Waals surface area contributed by atoms with Crippen LogP contribution in [-0.4, -0.2) is 68.7 Å². The number of aliphatic hydroxyl groups is 1. The van der Waals surface area contributed by atoms with Gasteiger partial charge in [0.1, 0.15) is 12.3 Å². The SMILES string of the molecule is CCCCCCCCCCCCSC(CCCCCCC)C(C)OCCCOP(=O)(O)OC[C@H]1O[C@@H](n2cc(C)c(=O)[nH]c2=O)C[C@@H]1O.[H-].[Na+]. The molecule has 2 rings (SSSR count). The third-order valence-corrected chi connectivity index (χ3v) is 11.5. The summed E-state index contributed by atoms with van der Waals surface area (Å²) >= 11 is 2.03. The van der Waals surface area contributed by atoms with Gasteiger partial charge in [-0.2, -0.15) is 11.8 Å². The van der Waals surface area contributed by atoms with E-state index in [4.69, 9.17) is 18.5 Å². The van der Waals surface area contributed by atoms with E-state index in [1.165, 1.54) is 107 Å². The first-order chi connectivity index (χ1) is 23.1. The molecule has 0 amide bonds. The number of ether oxygens (including phenoxy) is 2. The monoisotopic (exact) mass is 744 g/mol. The van der Waals surface area contributed by atoms with Crippen LogP contribution in [-0.2, 0) is 23.1 Å². The molecule has 1 aliphatic heterocycles. The first-order valence-electron chi connectivity index (χ1n) is 18.6. The van der Waals surface area contributed by atoms with Crippen molar-refractivity contribution in [2.24, 2.45) is 0 Å². The van der Waals surface area contributed by atoms with Crippen molar-refractivity contribution in [2.45, 2.75) is 173 Å². The largest absolute Gasteiger partial charge is 1.00 e. The number of aromatic amines is 1. The van der Waals surface area contributed by atoms with Gasteiger partial charge in [0.15, 0.2) is 0 Å². The molecule has 1 aliphatic rings. The number of nitrogens with zero attached hydrogens (tertiary/aromatic N) is 1. The van der Waals surface area contributed by atoms with E-state index < -0.39 is 44.1 Å². The maximum Gasteiger partial charge on any atom is 1.00 e. The van der Waals surface area contributed by atoms with Gasteiger partial charge in [-0.1, -0.05) is 104 Å². The normalized spacial score (nSPS) is 20.2. The van der Waals surface area contributed by atoms with Gasteiger partial charge in [0.25, 0.3) is 5.56 Å². The molecule has 1 fully saturated rings. The van der Waals surface area contributed by atoms with E-state index in [2.05, 4.69) is 25.8 Å². The van der Waals surface area contributed by atoms with Crippen LogP contribution in [0.3, 0.4) is 0 Å². The molecule has 6 atom stereocenters. The average molecular weight is 745 g/mol. The fourth-order valence-corrected chi connectivity index (χ4v) is 8.01. The number of aliphatic hydroxyl groups excluding tert-OH is 1. The summed E-state index contributed by atoms with van der Waals surface area (Å²) in [4.78, 5) is 36.2. The van der Waals surface area contributed by atoms with Crippen LogP contribution in [0.15, 0.2) is 15.8 Å². The number of H-pyrrole nitrogens is 1. The molecular formula is C35H66N2NaO9PS. The summed E-state index contributed by atoms with van der Waals surface area (Å²) in [5.41, 5.74) is -0.841. The van der Waals surface area contributed by atoms with Crippen LogP contribution in [0, 0.1) is 6.92 Å². The van der Waals surface area contributed by atoms with Crippen LogP contribution in [0.2, 0.25) is 0 Å². The number of unbranched alkanes of at least 4 members (excludes halogenated alkanes) is 13. The average Bonchev–Trinajstić information content (AvgIpc) is 3.42. The van der Waals surface area contributed by atoms with Gasteiger partial charge in [0, 0.05) is 30.0 Å². The Morgan fingerprint density at radius 2 is 1.55 bits per heavy atom. The Labute approximate surface area is 322 Å². The number of hydrogen-bond donors (Lipinski definition) is 3. The number of phosphoric acid groups is 1. The molecule has 0 aromatic carbocycles. The number of phosphoric ester groups is 1. The quantitative estimate of drug-likeness (QED) is 0.0587. The summed E-state index contributed by atoms with van der Waals surface area (Å²) in [7, 11) is -4.40. The van der Waals surface area contributed by atoms with Crippen molar-refractivity contribution < 1.29 is 64.1 Å². The smallest absolute Gasteiger partial charge is 1.00 e. The summed E-state index contributed by atoms with van der Waals surface area (Å²) in [5, 5.41) is 10.8. The van der Waals surface area contributed by atoms with E-state index in [-0.39, 0.29) is 50.1 Å². The Balaban J connectivity index is 0.0000120. The first-order valence-corrected chi connectivity index (χ1v) is 21.1. The molecule has 3 N–H and O–H groups in total. The Morgan fingerprint density at radius 1 is 0.959 bits per heavy atom. The van der Waals surface area contributed by atoms with E-state index in [1.807, 2.05) is 11.8 Å². The summed E-state index contributed by atoms with van der Waals surface area (Å²) < 4.78 is 35.8. The topological polar surface area (TPSA) is 149 Å². The molecule has 0 radical (unpaired) electrons. The zero-order valence-electron chi connectivity index (χ0n) is 32.1. The van der Waals surface area contributed by atoms with Gasteiger partial charge < -0.3 is 20.9 Å². The molecule has 11 nitrogen and oxygen atoms in total. The minimum absolute atomic E-state index is 0.